The lowest BCUT2D eigenvalue weighted by atomic mass is 10.2. The fourth-order valence-corrected chi connectivity index (χ4v) is 0.843. The summed E-state index contributed by atoms with van der Waals surface area (Å²) in [5.74, 6) is -0.141. The van der Waals surface area contributed by atoms with Crippen molar-refractivity contribution in [2.45, 2.75) is 0 Å². The minimum atomic E-state index is -0.338. The third kappa shape index (κ3) is 4.37. The normalized spacial score (nSPS) is 12.3. The summed E-state index contributed by atoms with van der Waals surface area (Å²) in [7, 11) is 0. The van der Waals surface area contributed by atoms with Crippen LogP contribution >= 0.6 is 0 Å². The minimum Gasteiger partial charge on any atom is -0.508 e. The number of guanidine groups is 1. The third-order valence-electron chi connectivity index (χ3n) is 1.48. The number of hydrazine groups is 1. The van der Waals surface area contributed by atoms with Crippen LogP contribution in [-0.4, -0.2) is 33.0 Å². The second-order valence-electron chi connectivity index (χ2n) is 2.72. The number of nitrogens with one attached hydrogen (secondary N) is 1. The summed E-state index contributed by atoms with van der Waals surface area (Å²) < 4.78 is 0. The lowest BCUT2D eigenvalue weighted by Crippen LogP contribution is -2.41. The van der Waals surface area contributed by atoms with Crippen molar-refractivity contribution in [2.75, 3.05) is 0 Å². The highest BCUT2D eigenvalue weighted by atomic mass is 16.8. The molecule has 0 radical (unpaired) electrons. The van der Waals surface area contributed by atoms with Gasteiger partial charge in [0.15, 0.2) is 0 Å². The van der Waals surface area contributed by atoms with Crippen LogP contribution in [0.1, 0.15) is 5.56 Å². The monoisotopic (exact) mass is 225 g/mol. The molecule has 1 aromatic rings. The van der Waals surface area contributed by atoms with Gasteiger partial charge in [-0.05, 0) is 29.8 Å². The van der Waals surface area contributed by atoms with Crippen molar-refractivity contribution in [3.63, 3.8) is 0 Å². The zero-order valence-electron chi connectivity index (χ0n) is 8.15. The Morgan fingerprint density at radius 2 is 1.94 bits per heavy atom. The van der Waals surface area contributed by atoms with E-state index in [4.69, 9.17) is 21.3 Å². The van der Waals surface area contributed by atoms with Crippen LogP contribution in [0.15, 0.2) is 34.5 Å². The predicted octanol–water partition coefficient (Wildman–Crippen LogP) is -0.374. The summed E-state index contributed by atoms with van der Waals surface area (Å²) >= 11 is 0. The maximum atomic E-state index is 9.01. The maximum absolute atomic E-state index is 9.01. The molecule has 1 aromatic carbocycles. The molecule has 1 rings (SSSR count). The van der Waals surface area contributed by atoms with Crippen LogP contribution in [0.3, 0.4) is 0 Å². The van der Waals surface area contributed by atoms with E-state index in [0.29, 0.717) is 5.56 Å². The molecule has 16 heavy (non-hydrogen) atoms. The van der Waals surface area contributed by atoms with Gasteiger partial charge < -0.3 is 10.8 Å². The topological polar surface area (TPSA) is 127 Å². The van der Waals surface area contributed by atoms with Crippen LogP contribution in [-0.2, 0) is 0 Å². The largest absolute Gasteiger partial charge is 0.508 e. The zero-order valence-corrected chi connectivity index (χ0v) is 8.15. The van der Waals surface area contributed by atoms with Gasteiger partial charge in [-0.1, -0.05) is 0 Å². The maximum Gasteiger partial charge on any atom is 0.232 e. The van der Waals surface area contributed by atoms with Gasteiger partial charge in [0.25, 0.3) is 0 Å². The van der Waals surface area contributed by atoms with E-state index in [2.05, 4.69) is 10.2 Å². The minimum absolute atomic E-state index is 0.151. The van der Waals surface area contributed by atoms with E-state index in [1.54, 1.807) is 12.1 Å². The van der Waals surface area contributed by atoms with Gasteiger partial charge in [0.2, 0.25) is 5.96 Å². The molecule has 0 atom stereocenters. The molecule has 0 aromatic heterocycles. The van der Waals surface area contributed by atoms with Crippen LogP contribution in [0.25, 0.3) is 0 Å². The van der Waals surface area contributed by atoms with E-state index < -0.39 is 0 Å². The van der Waals surface area contributed by atoms with Crippen LogP contribution in [0.5, 0.6) is 5.75 Å². The van der Waals surface area contributed by atoms with Crippen molar-refractivity contribution >= 4 is 12.2 Å². The van der Waals surface area contributed by atoms with E-state index in [1.165, 1.54) is 18.3 Å². The lowest BCUT2D eigenvalue weighted by Gasteiger charge is -2.05. The van der Waals surface area contributed by atoms with Gasteiger partial charge in [0, 0.05) is 5.34 Å². The molecule has 0 aliphatic carbocycles. The summed E-state index contributed by atoms with van der Waals surface area (Å²) in [5.41, 5.74) is 7.75. The fourth-order valence-electron chi connectivity index (χ4n) is 0.843. The van der Waals surface area contributed by atoms with Crippen LogP contribution in [0.2, 0.25) is 0 Å². The summed E-state index contributed by atoms with van der Waals surface area (Å²) in [6.07, 6.45) is 1.38. The van der Waals surface area contributed by atoms with Crippen molar-refractivity contribution in [2.24, 2.45) is 15.9 Å². The molecule has 0 aliphatic rings. The highest BCUT2D eigenvalue weighted by Crippen LogP contribution is 2.07. The van der Waals surface area contributed by atoms with Crippen LogP contribution in [0, 0.1) is 0 Å². The van der Waals surface area contributed by atoms with Gasteiger partial charge in [-0.15, -0.1) is 5.10 Å². The molecule has 0 amide bonds. The first-order valence-corrected chi connectivity index (χ1v) is 4.18. The molecule has 6 N–H and O–H groups in total. The molecule has 86 valence electrons. The van der Waals surface area contributed by atoms with E-state index in [-0.39, 0.29) is 17.0 Å². The zero-order chi connectivity index (χ0) is 12.0. The SMILES string of the molecule is NC(=N/N=C/c1ccc(O)cc1)NN(O)O. The smallest absolute Gasteiger partial charge is 0.232 e. The second-order valence-corrected chi connectivity index (χ2v) is 2.72. The molecule has 0 aliphatic heterocycles. The quantitative estimate of drug-likeness (QED) is 0.271. The van der Waals surface area contributed by atoms with E-state index in [1.807, 2.05) is 5.43 Å². The Morgan fingerprint density at radius 1 is 1.31 bits per heavy atom. The number of aromatic hydroxyl groups is 1. The van der Waals surface area contributed by atoms with E-state index in [9.17, 15) is 0 Å². The molecule has 0 saturated carbocycles. The molecular weight excluding hydrogens is 214 g/mol. The third-order valence-corrected chi connectivity index (χ3v) is 1.48. The Labute approximate surface area is 90.8 Å². The standard InChI is InChI=1S/C8H11N5O3/c9-8(12-13(15)16)11-10-5-6-1-3-7(14)4-2-6/h1-5,14-16H,(H3,9,11,12)/b10-5+. The number of hydrogen-bond donors (Lipinski definition) is 5. The van der Waals surface area contributed by atoms with Crippen molar-refractivity contribution < 1.29 is 15.5 Å². The number of phenolic OH excluding ortho intramolecular Hbond substituents is 1. The van der Waals surface area contributed by atoms with Gasteiger partial charge >= 0.3 is 0 Å². The average molecular weight is 225 g/mol. The number of rotatable bonds is 3. The van der Waals surface area contributed by atoms with Crippen molar-refractivity contribution in [3.8, 4) is 5.75 Å². The van der Waals surface area contributed by atoms with Gasteiger partial charge in [-0.2, -0.15) is 5.10 Å². The molecule has 0 unspecified atom stereocenters. The molecule has 0 spiro atoms. The number of benzene rings is 1. The van der Waals surface area contributed by atoms with Crippen molar-refractivity contribution in [1.29, 1.82) is 0 Å². The summed E-state index contributed by atoms with van der Waals surface area (Å²) in [5, 5.41) is 32.3. The van der Waals surface area contributed by atoms with Gasteiger partial charge in [0.1, 0.15) is 5.75 Å². The van der Waals surface area contributed by atoms with Gasteiger partial charge in [-0.25, -0.2) is 5.43 Å². The molecule has 0 heterocycles. The highest BCUT2D eigenvalue weighted by molar-refractivity contribution is 5.82. The Kier molecular flexibility index (Phi) is 4.21. The molecule has 8 heteroatoms. The Morgan fingerprint density at radius 3 is 2.50 bits per heavy atom. The predicted molar refractivity (Wildman–Crippen MR) is 55.9 cm³/mol. The first kappa shape index (κ1) is 11.9. The Bertz CT molecular complexity index is 387. The van der Waals surface area contributed by atoms with E-state index >= 15 is 0 Å². The average Bonchev–Trinajstić information content (AvgIpc) is 2.20. The molecule has 0 bridgehead atoms. The summed E-state index contributed by atoms with van der Waals surface area (Å²) in [4.78, 5) is 0. The number of phenols is 1. The molecule has 0 fully saturated rings. The second kappa shape index (κ2) is 5.66. The van der Waals surface area contributed by atoms with Crippen LogP contribution in [0.4, 0.5) is 0 Å². The van der Waals surface area contributed by atoms with Gasteiger partial charge in [-0.3, -0.25) is 10.4 Å². The fraction of sp³-hybridized carbons (Fsp3) is 0. The Hall–Kier alpha value is -2.16. The first-order chi connectivity index (χ1) is 7.58. The Balaban J connectivity index is 2.57. The number of hydrogen-bond acceptors (Lipinski definition) is 6. The molecular formula is C8H11N5O3. The van der Waals surface area contributed by atoms with E-state index in [0.717, 1.165) is 0 Å². The summed E-state index contributed by atoms with van der Waals surface area (Å²) in [6, 6.07) is 6.25. The first-order valence-electron chi connectivity index (χ1n) is 4.18. The molecule has 8 nitrogen and oxygen atoms in total. The molecule has 0 saturated heterocycles. The highest BCUT2D eigenvalue weighted by Gasteiger charge is 1.93. The van der Waals surface area contributed by atoms with Gasteiger partial charge in [0.05, 0.1) is 6.21 Å². The van der Waals surface area contributed by atoms with Crippen LogP contribution < -0.4 is 11.2 Å². The van der Waals surface area contributed by atoms with Crippen molar-refractivity contribution in [1.82, 2.24) is 10.8 Å². The number of nitrogens with two attached hydrogens (primary N) is 1. The lowest BCUT2D eigenvalue weighted by molar-refractivity contribution is -0.329. The number of nitrogens with zero attached hydrogens (tertiary/aromatic N) is 3. The van der Waals surface area contributed by atoms with Crippen molar-refractivity contribution in [3.05, 3.63) is 29.8 Å². The summed E-state index contributed by atoms with van der Waals surface area (Å²) in [6.45, 7) is 0.